The second kappa shape index (κ2) is 4.41. The van der Waals surface area contributed by atoms with E-state index in [1.807, 2.05) is 0 Å². The Kier molecular flexibility index (Phi) is 3.23. The molecule has 0 fully saturated rings. The molecule has 1 heterocycles. The Balaban J connectivity index is 2.83. The Labute approximate surface area is 82.0 Å². The third-order valence-corrected chi connectivity index (χ3v) is 1.74. The molecule has 0 aliphatic carbocycles. The predicted octanol–water partition coefficient (Wildman–Crippen LogP) is 0.815. The van der Waals surface area contributed by atoms with Gasteiger partial charge in [0, 0.05) is 24.6 Å². The van der Waals surface area contributed by atoms with Crippen LogP contribution >= 0.6 is 0 Å². The molecule has 0 radical (unpaired) electrons. The van der Waals surface area contributed by atoms with E-state index in [4.69, 9.17) is 0 Å². The maximum absolute atomic E-state index is 11.1. The molecule has 0 aliphatic rings. The van der Waals surface area contributed by atoms with E-state index in [1.165, 1.54) is 25.5 Å². The molecule has 0 amide bonds. The molecule has 0 saturated heterocycles. The first-order valence-electron chi connectivity index (χ1n) is 4.09. The van der Waals surface area contributed by atoms with Gasteiger partial charge in [0.1, 0.15) is 0 Å². The van der Waals surface area contributed by atoms with Crippen LogP contribution in [0.3, 0.4) is 0 Å². The highest BCUT2D eigenvalue weighted by Gasteiger charge is 1.99. The molecule has 1 rings (SSSR count). The molecule has 0 aliphatic heterocycles. The van der Waals surface area contributed by atoms with Gasteiger partial charge >= 0.3 is 5.97 Å². The third-order valence-electron chi connectivity index (χ3n) is 1.74. The third kappa shape index (κ3) is 2.58. The number of hydrogen-bond donors (Lipinski definition) is 0. The van der Waals surface area contributed by atoms with Gasteiger partial charge in [0.2, 0.25) is 0 Å². The molecule has 0 atom stereocenters. The van der Waals surface area contributed by atoms with E-state index < -0.39 is 5.97 Å². The Morgan fingerprint density at radius 3 is 2.86 bits per heavy atom. The fraction of sp³-hybridized carbons (Fsp3) is 0.200. The summed E-state index contributed by atoms with van der Waals surface area (Å²) in [4.78, 5) is 10.7. The number of nitrogens with zero attached hydrogens (tertiary/aromatic N) is 1. The van der Waals surface area contributed by atoms with Gasteiger partial charge in [0.25, 0.3) is 0 Å². The van der Waals surface area contributed by atoms with E-state index >= 15 is 0 Å². The van der Waals surface area contributed by atoms with Crippen molar-refractivity contribution >= 4 is 12.0 Å². The van der Waals surface area contributed by atoms with Gasteiger partial charge in [-0.2, -0.15) is 4.73 Å². The Morgan fingerprint density at radius 1 is 1.57 bits per heavy atom. The lowest BCUT2D eigenvalue weighted by Crippen LogP contribution is -2.29. The lowest BCUT2D eigenvalue weighted by Gasteiger charge is -1.99. The van der Waals surface area contributed by atoms with Crippen molar-refractivity contribution in [3.05, 3.63) is 40.9 Å². The summed E-state index contributed by atoms with van der Waals surface area (Å²) in [5, 5.41) is 11.1. The van der Waals surface area contributed by atoms with Crippen LogP contribution in [-0.4, -0.2) is 13.1 Å². The lowest BCUT2D eigenvalue weighted by molar-refractivity contribution is -0.612. The van der Waals surface area contributed by atoms with Gasteiger partial charge in [-0.15, -0.1) is 0 Å². The van der Waals surface area contributed by atoms with E-state index in [0.29, 0.717) is 11.3 Å². The van der Waals surface area contributed by atoms with Crippen molar-refractivity contribution in [3.8, 4) is 0 Å². The molecule has 1 aromatic heterocycles. The molecule has 4 nitrogen and oxygen atoms in total. The molecule has 0 bridgehead atoms. The second-order valence-corrected chi connectivity index (χ2v) is 2.79. The minimum absolute atomic E-state index is 0.442. The van der Waals surface area contributed by atoms with Crippen LogP contribution in [0.2, 0.25) is 0 Å². The Bertz CT molecular complexity index is 372. The molecule has 0 spiro atoms. The zero-order valence-corrected chi connectivity index (χ0v) is 8.06. The van der Waals surface area contributed by atoms with Gasteiger partial charge in [0.05, 0.1) is 7.11 Å². The van der Waals surface area contributed by atoms with Gasteiger partial charge in [-0.1, -0.05) is 0 Å². The number of methoxy groups -OCH3 is 1. The first-order chi connectivity index (χ1) is 6.63. The normalized spacial score (nSPS) is 10.4. The zero-order chi connectivity index (χ0) is 10.6. The standard InChI is InChI=1S/C10H11NO3/c1-8-3-4-9(7-11(8)13)5-6-10(12)14-2/h3-7H,1-2H3. The first-order valence-corrected chi connectivity index (χ1v) is 4.09. The average Bonchev–Trinajstić information content (AvgIpc) is 2.19. The summed E-state index contributed by atoms with van der Waals surface area (Å²) in [7, 11) is 1.30. The van der Waals surface area contributed by atoms with Crippen molar-refractivity contribution in [2.75, 3.05) is 7.11 Å². The van der Waals surface area contributed by atoms with Gasteiger partial charge in [-0.05, 0) is 12.1 Å². The highest BCUT2D eigenvalue weighted by molar-refractivity contribution is 5.86. The molecule has 4 heteroatoms. The average molecular weight is 193 g/mol. The van der Waals surface area contributed by atoms with Crippen LogP contribution in [0.25, 0.3) is 6.08 Å². The minimum Gasteiger partial charge on any atom is -0.618 e. The van der Waals surface area contributed by atoms with E-state index in [-0.39, 0.29) is 0 Å². The fourth-order valence-electron chi connectivity index (χ4n) is 0.901. The number of aromatic nitrogens is 1. The predicted molar refractivity (Wildman–Crippen MR) is 51.2 cm³/mol. The number of aryl methyl sites for hydroxylation is 1. The van der Waals surface area contributed by atoms with E-state index in [0.717, 1.165) is 4.73 Å². The summed E-state index contributed by atoms with van der Waals surface area (Å²) in [5.74, 6) is -0.442. The van der Waals surface area contributed by atoms with Crippen LogP contribution in [0, 0.1) is 12.1 Å². The van der Waals surface area contributed by atoms with Crippen molar-refractivity contribution in [3.63, 3.8) is 0 Å². The largest absolute Gasteiger partial charge is 0.618 e. The molecule has 0 N–H and O–H groups in total. The molecule has 1 aromatic rings. The maximum Gasteiger partial charge on any atom is 0.330 e. The van der Waals surface area contributed by atoms with E-state index in [1.54, 1.807) is 19.1 Å². The number of carbonyl (C=O) groups excluding carboxylic acids is 1. The maximum atomic E-state index is 11.1. The smallest absolute Gasteiger partial charge is 0.330 e. The summed E-state index contributed by atoms with van der Waals surface area (Å²) < 4.78 is 5.16. The Hall–Kier alpha value is -1.84. The molecular formula is C10H11NO3. The quantitative estimate of drug-likeness (QED) is 0.302. The molecule has 74 valence electrons. The van der Waals surface area contributed by atoms with Gasteiger partial charge in [-0.3, -0.25) is 0 Å². The van der Waals surface area contributed by atoms with Crippen molar-refractivity contribution in [2.45, 2.75) is 6.92 Å². The second-order valence-electron chi connectivity index (χ2n) is 2.79. The van der Waals surface area contributed by atoms with Gasteiger partial charge < -0.3 is 9.94 Å². The first kappa shape index (κ1) is 10.2. The van der Waals surface area contributed by atoms with Crippen LogP contribution in [0.4, 0.5) is 0 Å². The molecular weight excluding hydrogens is 182 g/mol. The SMILES string of the molecule is COC(=O)C=Cc1ccc(C)[n+]([O-])c1. The number of carbonyl (C=O) groups is 1. The van der Waals surface area contributed by atoms with E-state index in [9.17, 15) is 10.0 Å². The summed E-state index contributed by atoms with van der Waals surface area (Å²) in [5.41, 5.74) is 1.27. The lowest BCUT2D eigenvalue weighted by atomic mass is 10.2. The summed E-state index contributed by atoms with van der Waals surface area (Å²) in [6.45, 7) is 1.71. The van der Waals surface area contributed by atoms with Gasteiger partial charge in [-0.25, -0.2) is 4.79 Å². The van der Waals surface area contributed by atoms with Crippen molar-refractivity contribution < 1.29 is 14.3 Å². The van der Waals surface area contributed by atoms with Crippen LogP contribution in [0.15, 0.2) is 24.4 Å². The van der Waals surface area contributed by atoms with Crippen molar-refractivity contribution in [2.24, 2.45) is 0 Å². The number of ether oxygens (including phenoxy) is 1. The number of rotatable bonds is 2. The van der Waals surface area contributed by atoms with Gasteiger partial charge in [0.15, 0.2) is 11.9 Å². The summed E-state index contributed by atoms with van der Waals surface area (Å²) in [6, 6.07) is 3.44. The Morgan fingerprint density at radius 2 is 2.29 bits per heavy atom. The highest BCUT2D eigenvalue weighted by atomic mass is 16.5. The van der Waals surface area contributed by atoms with Crippen molar-refractivity contribution in [1.29, 1.82) is 0 Å². The highest BCUT2D eigenvalue weighted by Crippen LogP contribution is 2.00. The molecule has 0 aromatic carbocycles. The number of pyridine rings is 1. The topological polar surface area (TPSA) is 53.2 Å². The number of hydrogen-bond acceptors (Lipinski definition) is 3. The van der Waals surface area contributed by atoms with E-state index in [2.05, 4.69) is 4.74 Å². The molecule has 0 saturated carbocycles. The number of esters is 1. The summed E-state index contributed by atoms with van der Waals surface area (Å²) in [6.07, 6.45) is 4.19. The van der Waals surface area contributed by atoms with Crippen LogP contribution < -0.4 is 4.73 Å². The fourth-order valence-corrected chi connectivity index (χ4v) is 0.901. The van der Waals surface area contributed by atoms with Crippen molar-refractivity contribution in [1.82, 2.24) is 0 Å². The van der Waals surface area contributed by atoms with Crippen LogP contribution in [0.5, 0.6) is 0 Å². The van der Waals surface area contributed by atoms with Crippen LogP contribution in [-0.2, 0) is 9.53 Å². The minimum atomic E-state index is -0.442. The molecule has 14 heavy (non-hydrogen) atoms. The monoisotopic (exact) mass is 193 g/mol. The summed E-state index contributed by atoms with van der Waals surface area (Å²) >= 11 is 0. The molecule has 0 unspecified atom stereocenters. The zero-order valence-electron chi connectivity index (χ0n) is 8.06. The van der Waals surface area contributed by atoms with Crippen LogP contribution in [0.1, 0.15) is 11.3 Å².